The molecular weight excluding hydrogens is 420 g/mol. The van der Waals surface area contributed by atoms with Crippen molar-refractivity contribution in [2.45, 2.75) is 6.55 Å². The van der Waals surface area contributed by atoms with E-state index in [-0.39, 0.29) is 0 Å². The third-order valence-corrected chi connectivity index (χ3v) is 10.8. The minimum absolute atomic E-state index is 0.500. The number of aromatic nitrogens is 2. The summed E-state index contributed by atoms with van der Waals surface area (Å²) in [5, 5.41) is 3.71. The van der Waals surface area contributed by atoms with Crippen molar-refractivity contribution in [1.29, 1.82) is 0 Å². The fourth-order valence-electron chi connectivity index (χ4n) is 4.81. The molecule has 1 aliphatic rings. The van der Waals surface area contributed by atoms with E-state index in [0.717, 1.165) is 22.2 Å². The van der Waals surface area contributed by atoms with Crippen molar-refractivity contribution in [1.82, 2.24) is 9.97 Å². The lowest BCUT2D eigenvalue weighted by molar-refractivity contribution is 0.463. The summed E-state index contributed by atoms with van der Waals surface area (Å²) in [5.74, 6) is 1.33. The van der Waals surface area contributed by atoms with Crippen molar-refractivity contribution in [2.24, 2.45) is 0 Å². The van der Waals surface area contributed by atoms with E-state index >= 15 is 0 Å². The van der Waals surface area contributed by atoms with Crippen LogP contribution in [0.4, 0.5) is 0 Å². The summed E-state index contributed by atoms with van der Waals surface area (Å²) in [4.78, 5) is 9.04. The fraction of sp³-hybridized carbons (Fsp3) is 0.0345. The number of fused-ring (bicyclic) bond motifs is 3. The molecule has 6 rings (SSSR count). The van der Waals surface area contributed by atoms with Gasteiger partial charge in [0.15, 0.2) is 8.07 Å². The van der Waals surface area contributed by atoms with Gasteiger partial charge in [-0.05, 0) is 63.0 Å². The number of pyridine rings is 2. The van der Waals surface area contributed by atoms with Crippen molar-refractivity contribution in [3.8, 4) is 33.9 Å². The summed E-state index contributed by atoms with van der Waals surface area (Å²) < 4.78 is 14.2. The molecule has 1 unspecified atom stereocenters. The van der Waals surface area contributed by atoms with Gasteiger partial charge in [0.05, 0.1) is 1.37 Å². The molecule has 3 nitrogen and oxygen atoms in total. The number of hydrogen-bond acceptors (Lipinski definition) is 3. The number of ether oxygens (including phenoxy) is 1. The minimum atomic E-state index is -2.35. The van der Waals surface area contributed by atoms with Gasteiger partial charge in [0.1, 0.15) is 5.75 Å². The van der Waals surface area contributed by atoms with Crippen LogP contribution in [0.1, 0.15) is 1.37 Å². The molecule has 0 N–H and O–H groups in total. The van der Waals surface area contributed by atoms with Gasteiger partial charge < -0.3 is 4.74 Å². The van der Waals surface area contributed by atoms with Crippen molar-refractivity contribution in [3.63, 3.8) is 0 Å². The van der Waals surface area contributed by atoms with Crippen LogP contribution in [-0.2, 0) is 0 Å². The molecule has 1 aliphatic heterocycles. The normalized spacial score (nSPS) is 16.6. The standard InChI is InChI=1S/C29H22N2OSi/c1-33(29-14-5-7-18-31-29)26-12-3-2-11-24(26)25-16-15-22(20-27(25)33)21-9-8-10-23(19-21)32-28-13-4-6-17-30-28/h2-20H,1H3/i5D. The van der Waals surface area contributed by atoms with E-state index in [9.17, 15) is 0 Å². The zero-order chi connectivity index (χ0) is 23.1. The van der Waals surface area contributed by atoms with Gasteiger partial charge in [0.25, 0.3) is 0 Å². The molecule has 0 fully saturated rings. The maximum Gasteiger partial charge on any atom is 0.219 e. The van der Waals surface area contributed by atoms with Crippen LogP contribution >= 0.6 is 0 Å². The van der Waals surface area contributed by atoms with Crippen molar-refractivity contribution in [2.75, 3.05) is 0 Å². The Balaban J connectivity index is 1.47. The van der Waals surface area contributed by atoms with Crippen LogP contribution in [0, 0.1) is 0 Å². The Bertz CT molecular complexity index is 1520. The molecule has 0 aliphatic carbocycles. The average molecular weight is 444 g/mol. The number of benzene rings is 3. The first-order chi connectivity index (χ1) is 16.6. The highest BCUT2D eigenvalue weighted by Gasteiger charge is 2.44. The van der Waals surface area contributed by atoms with Crippen LogP contribution in [0.5, 0.6) is 11.6 Å². The zero-order valence-electron chi connectivity index (χ0n) is 19.2. The Morgan fingerprint density at radius 3 is 2.39 bits per heavy atom. The van der Waals surface area contributed by atoms with Gasteiger partial charge in [0, 0.05) is 23.8 Å². The van der Waals surface area contributed by atoms with E-state index in [1.807, 2.05) is 36.4 Å². The number of rotatable bonds is 4. The van der Waals surface area contributed by atoms with Crippen LogP contribution in [-0.4, -0.2) is 18.0 Å². The van der Waals surface area contributed by atoms with Gasteiger partial charge in [0.2, 0.25) is 5.88 Å². The predicted octanol–water partition coefficient (Wildman–Crippen LogP) is 5.02. The lowest BCUT2D eigenvalue weighted by Crippen LogP contribution is -2.63. The van der Waals surface area contributed by atoms with Gasteiger partial charge in [-0.15, -0.1) is 0 Å². The molecule has 3 heterocycles. The van der Waals surface area contributed by atoms with Crippen LogP contribution in [0.25, 0.3) is 22.3 Å². The third-order valence-electron chi connectivity index (χ3n) is 6.46. The van der Waals surface area contributed by atoms with Crippen molar-refractivity contribution in [3.05, 3.63) is 115 Å². The second-order valence-electron chi connectivity index (χ2n) is 8.37. The Kier molecular flexibility index (Phi) is 4.40. The first-order valence-corrected chi connectivity index (χ1v) is 13.5. The van der Waals surface area contributed by atoms with E-state index in [2.05, 4.69) is 66.1 Å². The van der Waals surface area contributed by atoms with E-state index in [0.29, 0.717) is 11.9 Å². The van der Waals surface area contributed by atoms with E-state index in [1.54, 1.807) is 18.5 Å². The lowest BCUT2D eigenvalue weighted by atomic mass is 10.0. The van der Waals surface area contributed by atoms with Gasteiger partial charge in [-0.2, -0.15) is 0 Å². The second-order valence-corrected chi connectivity index (χ2v) is 12.2. The molecule has 2 aromatic heterocycles. The van der Waals surface area contributed by atoms with Gasteiger partial charge >= 0.3 is 0 Å². The number of hydrogen-bond donors (Lipinski definition) is 0. The number of nitrogens with zero attached hydrogens (tertiary/aromatic N) is 2. The smallest absolute Gasteiger partial charge is 0.219 e. The molecule has 0 spiro atoms. The van der Waals surface area contributed by atoms with Gasteiger partial charge in [-0.1, -0.05) is 73.3 Å². The summed E-state index contributed by atoms with van der Waals surface area (Å²) in [6.45, 7) is 2.35. The molecule has 0 saturated carbocycles. The summed E-state index contributed by atoms with van der Waals surface area (Å²) in [5.41, 5.74) is 4.78. The SMILES string of the molecule is [2H]c1ccnc([Si]2(C)c3ccccc3-c3ccc(-c4cccc(Oc5ccccn5)c4)cc32)c1. The Morgan fingerprint density at radius 1 is 0.697 bits per heavy atom. The largest absolute Gasteiger partial charge is 0.439 e. The van der Waals surface area contributed by atoms with Crippen molar-refractivity contribution >= 4 is 23.8 Å². The predicted molar refractivity (Wildman–Crippen MR) is 136 cm³/mol. The molecule has 5 aromatic rings. The maximum absolute atomic E-state index is 8.21. The summed E-state index contributed by atoms with van der Waals surface area (Å²) in [6.07, 6.45) is 3.49. The summed E-state index contributed by atoms with van der Waals surface area (Å²) in [6, 6.07) is 33.3. The Morgan fingerprint density at radius 2 is 1.52 bits per heavy atom. The molecular formula is C29H22N2OSi. The minimum Gasteiger partial charge on any atom is -0.439 e. The molecule has 158 valence electrons. The summed E-state index contributed by atoms with van der Waals surface area (Å²) in [7, 11) is -2.35. The van der Waals surface area contributed by atoms with Crippen LogP contribution in [0.15, 0.2) is 115 Å². The van der Waals surface area contributed by atoms with E-state index < -0.39 is 8.07 Å². The topological polar surface area (TPSA) is 35.0 Å². The Labute approximate surface area is 195 Å². The van der Waals surface area contributed by atoms with E-state index in [4.69, 9.17) is 11.1 Å². The van der Waals surface area contributed by atoms with Gasteiger partial charge in [-0.3, -0.25) is 4.98 Å². The van der Waals surface area contributed by atoms with Crippen LogP contribution in [0.3, 0.4) is 0 Å². The monoisotopic (exact) mass is 443 g/mol. The maximum atomic E-state index is 8.21. The van der Waals surface area contributed by atoms with Gasteiger partial charge in [-0.25, -0.2) is 4.98 Å². The molecule has 1 atom stereocenters. The Hall–Kier alpha value is -4.02. The lowest BCUT2D eigenvalue weighted by Gasteiger charge is -2.24. The summed E-state index contributed by atoms with van der Waals surface area (Å²) >= 11 is 0. The molecule has 3 aromatic carbocycles. The molecule has 0 bridgehead atoms. The van der Waals surface area contributed by atoms with Crippen LogP contribution < -0.4 is 20.4 Å². The third kappa shape index (κ3) is 3.27. The first-order valence-electron chi connectivity index (χ1n) is 11.5. The fourth-order valence-corrected chi connectivity index (χ4v) is 8.75. The quantitative estimate of drug-likeness (QED) is 0.366. The van der Waals surface area contributed by atoms with Crippen molar-refractivity contribution < 1.29 is 6.11 Å². The van der Waals surface area contributed by atoms with E-state index in [1.165, 1.54) is 21.5 Å². The average Bonchev–Trinajstić information content (AvgIpc) is 3.14. The van der Waals surface area contributed by atoms with Crippen LogP contribution in [0.2, 0.25) is 6.55 Å². The highest BCUT2D eigenvalue weighted by Crippen LogP contribution is 2.32. The molecule has 33 heavy (non-hydrogen) atoms. The molecule has 4 heteroatoms. The molecule has 0 saturated heterocycles. The molecule has 0 radical (unpaired) electrons. The second kappa shape index (κ2) is 7.83. The first kappa shape index (κ1) is 18.5. The molecule has 0 amide bonds. The highest BCUT2D eigenvalue weighted by molar-refractivity contribution is 7.13. The zero-order valence-corrected chi connectivity index (χ0v) is 19.2. The highest BCUT2D eigenvalue weighted by atomic mass is 28.3.